The van der Waals surface area contributed by atoms with Gasteiger partial charge >= 0.3 is 0 Å². The smallest absolute Gasteiger partial charge is 0.269 e. The number of ether oxygens (including phenoxy) is 5. The maximum atomic E-state index is 14.0. The molecule has 0 N–H and O–H groups in total. The number of allylic oxidation sites excluding steroid dienone is 5. The Bertz CT molecular complexity index is 1830. The number of ketones is 1. The van der Waals surface area contributed by atoms with Crippen molar-refractivity contribution in [2.24, 2.45) is 5.92 Å². The molecular formula is C44H55N3O8. The number of non-ortho nitro benzene ring substituents is 1. The van der Waals surface area contributed by atoms with E-state index in [0.717, 1.165) is 65.0 Å². The second-order valence-corrected chi connectivity index (χ2v) is 13.6. The number of methoxy groups -OCH3 is 2. The van der Waals surface area contributed by atoms with Gasteiger partial charge in [-0.1, -0.05) is 38.1 Å². The fourth-order valence-corrected chi connectivity index (χ4v) is 7.04. The van der Waals surface area contributed by atoms with Gasteiger partial charge in [-0.25, -0.2) is 0 Å². The number of carbonyl (C=O) groups is 1. The van der Waals surface area contributed by atoms with E-state index in [2.05, 4.69) is 67.0 Å². The number of carbonyl (C=O) groups excluding carboxylic acids is 1. The Kier molecular flexibility index (Phi) is 15.6. The van der Waals surface area contributed by atoms with Crippen LogP contribution in [0.3, 0.4) is 0 Å². The van der Waals surface area contributed by atoms with Crippen LogP contribution in [0.5, 0.6) is 11.5 Å². The Morgan fingerprint density at radius 2 is 1.31 bits per heavy atom. The standard InChI is InChI=1S/C44H55N3O8/c1-6-33(7-2)34-11-16-38(41(48)29-34)44-39-17-14-36(45(8-3)20-19-32-9-12-35(13-10-32)47(49)50)30-42(39)55-43-31-37(15-18-40(43)44)46(21-23-53-27-25-51-4)22-24-54-28-26-52-5/h9-18,29-31,33H,6-8,19-28H2,1-5H3. The van der Waals surface area contributed by atoms with Crippen LogP contribution in [0, 0.1) is 16.0 Å². The van der Waals surface area contributed by atoms with E-state index in [1.807, 2.05) is 30.4 Å². The quantitative estimate of drug-likeness (QED) is 0.0337. The van der Waals surface area contributed by atoms with E-state index in [9.17, 15) is 14.9 Å². The lowest BCUT2D eigenvalue weighted by Crippen LogP contribution is -2.31. The third-order valence-corrected chi connectivity index (χ3v) is 10.2. The summed E-state index contributed by atoms with van der Waals surface area (Å²) in [5, 5.41) is 11.1. The average molecular weight is 754 g/mol. The highest BCUT2D eigenvalue weighted by molar-refractivity contribution is 6.16. The fraction of sp³-hybridized carbons (Fsp3) is 0.432. The van der Waals surface area contributed by atoms with Gasteiger partial charge in [-0.3, -0.25) is 14.9 Å². The first-order valence-electron chi connectivity index (χ1n) is 19.3. The van der Waals surface area contributed by atoms with E-state index in [1.165, 1.54) is 0 Å². The molecule has 294 valence electrons. The molecular weight excluding hydrogens is 698 g/mol. The summed E-state index contributed by atoms with van der Waals surface area (Å²) in [4.78, 5) is 29.2. The minimum atomic E-state index is -0.381. The van der Waals surface area contributed by atoms with Crippen molar-refractivity contribution in [1.29, 1.82) is 0 Å². The highest BCUT2D eigenvalue weighted by atomic mass is 16.6. The van der Waals surface area contributed by atoms with Crippen molar-refractivity contribution in [3.8, 4) is 11.5 Å². The van der Waals surface area contributed by atoms with Crippen LogP contribution in [0.2, 0.25) is 0 Å². The topological polar surface area (TPSA) is 113 Å². The normalized spacial score (nSPS) is 14.7. The van der Waals surface area contributed by atoms with Crippen LogP contribution in [0.1, 0.15) is 50.3 Å². The Morgan fingerprint density at radius 3 is 1.82 bits per heavy atom. The van der Waals surface area contributed by atoms with Crippen LogP contribution in [0.15, 0.2) is 90.0 Å². The number of anilines is 2. The zero-order chi connectivity index (χ0) is 39.2. The summed E-state index contributed by atoms with van der Waals surface area (Å²) in [5.74, 6) is 1.67. The molecule has 11 nitrogen and oxygen atoms in total. The van der Waals surface area contributed by atoms with Gasteiger partial charge in [-0.2, -0.15) is 0 Å². The molecule has 1 heterocycles. The van der Waals surface area contributed by atoms with E-state index in [4.69, 9.17) is 23.7 Å². The van der Waals surface area contributed by atoms with Gasteiger partial charge in [0.2, 0.25) is 0 Å². The van der Waals surface area contributed by atoms with Gasteiger partial charge in [0.15, 0.2) is 5.78 Å². The summed E-state index contributed by atoms with van der Waals surface area (Å²) >= 11 is 0. The second kappa shape index (κ2) is 20.8. The number of hydrogen-bond acceptors (Lipinski definition) is 10. The molecule has 0 fully saturated rings. The molecule has 0 aromatic heterocycles. The van der Waals surface area contributed by atoms with Gasteiger partial charge in [0, 0.05) is 98.3 Å². The van der Waals surface area contributed by atoms with E-state index >= 15 is 0 Å². The molecule has 0 saturated carbocycles. The number of nitro benzene ring substituents is 1. The highest BCUT2D eigenvalue weighted by Crippen LogP contribution is 2.48. The maximum Gasteiger partial charge on any atom is 0.269 e. The first kappa shape index (κ1) is 41.4. The Hall–Kier alpha value is -4.81. The molecule has 0 saturated heterocycles. The van der Waals surface area contributed by atoms with Gasteiger partial charge in [-0.15, -0.1) is 0 Å². The van der Waals surface area contributed by atoms with Crippen LogP contribution in [0.25, 0.3) is 5.57 Å². The SMILES string of the molecule is CCC(CC)C1=CC(=O)C(=C2c3ccc(N(CC)CCc4ccc([N+](=O)[O-])cc4)cc3Oc3cc(N(CCOCCOC)CCOCCOC)ccc32)C=C1. The average Bonchev–Trinajstić information content (AvgIpc) is 3.20. The molecule has 3 aromatic rings. The highest BCUT2D eigenvalue weighted by Gasteiger charge is 2.29. The third kappa shape index (κ3) is 10.7. The minimum Gasteiger partial charge on any atom is -0.456 e. The molecule has 3 aromatic carbocycles. The van der Waals surface area contributed by atoms with Gasteiger partial charge < -0.3 is 33.5 Å². The maximum absolute atomic E-state index is 14.0. The molecule has 1 aliphatic heterocycles. The zero-order valence-electron chi connectivity index (χ0n) is 32.9. The van der Waals surface area contributed by atoms with Crippen molar-refractivity contribution in [2.75, 3.05) is 89.8 Å². The van der Waals surface area contributed by atoms with Crippen LogP contribution < -0.4 is 14.5 Å². The monoisotopic (exact) mass is 753 g/mol. The van der Waals surface area contributed by atoms with Crippen molar-refractivity contribution < 1.29 is 33.4 Å². The van der Waals surface area contributed by atoms with Crippen molar-refractivity contribution in [1.82, 2.24) is 0 Å². The van der Waals surface area contributed by atoms with Crippen molar-refractivity contribution >= 4 is 28.4 Å². The molecule has 2 aliphatic rings. The van der Waals surface area contributed by atoms with Crippen LogP contribution in [-0.2, 0) is 30.2 Å². The summed E-state index contributed by atoms with van der Waals surface area (Å²) in [7, 11) is 3.32. The predicted octanol–water partition coefficient (Wildman–Crippen LogP) is 8.21. The molecule has 0 bridgehead atoms. The van der Waals surface area contributed by atoms with E-state index in [0.29, 0.717) is 82.3 Å². The number of nitro groups is 1. The molecule has 5 rings (SSSR count). The van der Waals surface area contributed by atoms with Crippen LogP contribution in [-0.4, -0.2) is 90.7 Å². The summed E-state index contributed by atoms with van der Waals surface area (Å²) in [5.41, 5.74) is 7.31. The molecule has 55 heavy (non-hydrogen) atoms. The third-order valence-electron chi connectivity index (χ3n) is 10.2. The lowest BCUT2D eigenvalue weighted by molar-refractivity contribution is -0.384. The van der Waals surface area contributed by atoms with E-state index < -0.39 is 0 Å². The van der Waals surface area contributed by atoms with Gasteiger partial charge in [0.25, 0.3) is 5.69 Å². The largest absolute Gasteiger partial charge is 0.456 e. The second-order valence-electron chi connectivity index (χ2n) is 13.6. The van der Waals surface area contributed by atoms with Gasteiger partial charge in [-0.05, 0) is 73.6 Å². The number of rotatable bonds is 22. The van der Waals surface area contributed by atoms with Gasteiger partial charge in [0.1, 0.15) is 11.5 Å². The fourth-order valence-electron chi connectivity index (χ4n) is 7.04. The lowest BCUT2D eigenvalue weighted by Gasteiger charge is -2.30. The Balaban J connectivity index is 1.50. The first-order chi connectivity index (χ1) is 26.8. The van der Waals surface area contributed by atoms with Crippen LogP contribution in [0.4, 0.5) is 17.1 Å². The molecule has 11 heteroatoms. The molecule has 0 amide bonds. The number of benzene rings is 3. The lowest BCUT2D eigenvalue weighted by atomic mass is 9.83. The minimum absolute atomic E-state index is 0.00678. The van der Waals surface area contributed by atoms with E-state index in [-0.39, 0.29) is 16.4 Å². The number of likely N-dealkylation sites (N-methyl/N-ethyl adjacent to an activating group) is 1. The molecule has 0 unspecified atom stereocenters. The Labute approximate surface area is 325 Å². The first-order valence-corrected chi connectivity index (χ1v) is 19.3. The number of fused-ring (bicyclic) bond motifs is 2. The zero-order valence-corrected chi connectivity index (χ0v) is 32.9. The van der Waals surface area contributed by atoms with Crippen LogP contribution >= 0.6 is 0 Å². The molecule has 0 spiro atoms. The molecule has 0 atom stereocenters. The Morgan fingerprint density at radius 1 is 0.727 bits per heavy atom. The van der Waals surface area contributed by atoms with Crippen molar-refractivity contribution in [2.45, 2.75) is 40.0 Å². The number of nitrogens with zero attached hydrogens (tertiary/aromatic N) is 3. The van der Waals surface area contributed by atoms with Crippen molar-refractivity contribution in [3.05, 3.63) is 117 Å². The van der Waals surface area contributed by atoms with Gasteiger partial charge in [0.05, 0.1) is 44.6 Å². The molecule has 1 aliphatic carbocycles. The summed E-state index contributed by atoms with van der Waals surface area (Å²) in [6, 6.07) is 19.1. The molecule has 0 radical (unpaired) electrons. The van der Waals surface area contributed by atoms with Crippen molar-refractivity contribution in [3.63, 3.8) is 0 Å². The number of hydrogen-bond donors (Lipinski definition) is 0. The predicted molar refractivity (Wildman–Crippen MR) is 218 cm³/mol. The summed E-state index contributed by atoms with van der Waals surface area (Å²) in [6.07, 6.45) is 8.56. The summed E-state index contributed by atoms with van der Waals surface area (Å²) < 4.78 is 28.8. The summed E-state index contributed by atoms with van der Waals surface area (Å²) in [6.45, 7) is 12.3. The van der Waals surface area contributed by atoms with E-state index in [1.54, 1.807) is 26.4 Å².